The van der Waals surface area contributed by atoms with Crippen molar-refractivity contribution in [2.24, 2.45) is 0 Å². The SMILES string of the molecule is O=C(OCCCSc1ccccc1)c1ccccc1C(=O)OCCCSc1ccccc1. The number of hydrogen-bond donors (Lipinski definition) is 0. The highest BCUT2D eigenvalue weighted by atomic mass is 32.2. The Hall–Kier alpha value is -2.70. The average molecular weight is 467 g/mol. The summed E-state index contributed by atoms with van der Waals surface area (Å²) in [4.78, 5) is 27.4. The predicted octanol–water partition coefficient (Wildman–Crippen LogP) is 6.37. The molecule has 0 spiro atoms. The molecular formula is C26H26O4S2. The first-order chi connectivity index (χ1) is 15.7. The van der Waals surface area contributed by atoms with Crippen molar-refractivity contribution in [2.75, 3.05) is 24.7 Å². The van der Waals surface area contributed by atoms with E-state index >= 15 is 0 Å². The quantitative estimate of drug-likeness (QED) is 0.176. The molecule has 3 rings (SSSR count). The summed E-state index contributed by atoms with van der Waals surface area (Å²) in [6, 6.07) is 26.8. The third-order valence-electron chi connectivity index (χ3n) is 4.43. The van der Waals surface area contributed by atoms with Gasteiger partial charge >= 0.3 is 11.9 Å². The van der Waals surface area contributed by atoms with Gasteiger partial charge in [-0.3, -0.25) is 0 Å². The van der Waals surface area contributed by atoms with Crippen molar-refractivity contribution in [3.05, 3.63) is 96.1 Å². The van der Waals surface area contributed by atoms with Gasteiger partial charge in [-0.25, -0.2) is 9.59 Å². The smallest absolute Gasteiger partial charge is 0.339 e. The van der Waals surface area contributed by atoms with Crippen LogP contribution in [0.15, 0.2) is 94.7 Å². The molecule has 0 atom stereocenters. The largest absolute Gasteiger partial charge is 0.462 e. The van der Waals surface area contributed by atoms with Crippen molar-refractivity contribution in [3.8, 4) is 0 Å². The van der Waals surface area contributed by atoms with E-state index in [1.54, 1.807) is 47.8 Å². The lowest BCUT2D eigenvalue weighted by Crippen LogP contribution is -2.15. The van der Waals surface area contributed by atoms with Crippen LogP contribution in [-0.2, 0) is 9.47 Å². The van der Waals surface area contributed by atoms with E-state index in [4.69, 9.17) is 9.47 Å². The minimum atomic E-state index is -0.498. The standard InChI is InChI=1S/C26H26O4S2/c27-25(29-17-9-19-31-21-11-3-1-4-12-21)23-15-7-8-16-24(23)26(28)30-18-10-20-32-22-13-5-2-6-14-22/h1-8,11-16H,9-10,17-20H2. The predicted molar refractivity (Wildman–Crippen MR) is 131 cm³/mol. The van der Waals surface area contributed by atoms with Crippen LogP contribution < -0.4 is 0 Å². The van der Waals surface area contributed by atoms with Crippen molar-refractivity contribution in [3.63, 3.8) is 0 Å². The van der Waals surface area contributed by atoms with Crippen LogP contribution in [0.1, 0.15) is 33.6 Å². The molecule has 0 aliphatic rings. The van der Waals surface area contributed by atoms with E-state index in [0.29, 0.717) is 13.2 Å². The molecule has 0 radical (unpaired) electrons. The number of carbonyl (C=O) groups excluding carboxylic acids is 2. The van der Waals surface area contributed by atoms with Gasteiger partial charge in [0, 0.05) is 21.3 Å². The Kier molecular flexibility index (Phi) is 10.2. The summed E-state index contributed by atoms with van der Waals surface area (Å²) in [7, 11) is 0. The van der Waals surface area contributed by atoms with Crippen LogP contribution in [0.2, 0.25) is 0 Å². The van der Waals surface area contributed by atoms with Crippen molar-refractivity contribution in [2.45, 2.75) is 22.6 Å². The monoisotopic (exact) mass is 466 g/mol. The fraction of sp³-hybridized carbons (Fsp3) is 0.231. The molecule has 166 valence electrons. The van der Waals surface area contributed by atoms with E-state index in [1.807, 2.05) is 36.4 Å². The summed E-state index contributed by atoms with van der Waals surface area (Å²) in [5.41, 5.74) is 0.485. The van der Waals surface area contributed by atoms with Crippen LogP contribution in [0.4, 0.5) is 0 Å². The first-order valence-corrected chi connectivity index (χ1v) is 12.5. The molecule has 3 aromatic rings. The number of hydrogen-bond acceptors (Lipinski definition) is 6. The van der Waals surface area contributed by atoms with E-state index in [1.165, 1.54) is 9.79 Å². The number of thioether (sulfide) groups is 2. The number of benzene rings is 3. The second-order valence-corrected chi connectivity index (χ2v) is 9.18. The number of carbonyl (C=O) groups is 2. The number of rotatable bonds is 12. The minimum absolute atomic E-state index is 0.242. The Morgan fingerprint density at radius 2 is 0.938 bits per heavy atom. The van der Waals surface area contributed by atoms with Gasteiger partial charge in [-0.1, -0.05) is 48.5 Å². The Morgan fingerprint density at radius 1 is 0.562 bits per heavy atom. The third-order valence-corrected chi connectivity index (χ3v) is 6.63. The second-order valence-electron chi connectivity index (χ2n) is 6.85. The van der Waals surface area contributed by atoms with Crippen molar-refractivity contribution < 1.29 is 19.1 Å². The molecule has 3 aromatic carbocycles. The normalized spacial score (nSPS) is 10.5. The molecule has 0 saturated heterocycles. The Bertz CT molecular complexity index is 897. The highest BCUT2D eigenvalue weighted by Crippen LogP contribution is 2.19. The van der Waals surface area contributed by atoms with E-state index < -0.39 is 11.9 Å². The summed E-state index contributed by atoms with van der Waals surface area (Å²) in [5.74, 6) is 0.702. The zero-order valence-electron chi connectivity index (χ0n) is 17.8. The molecule has 0 unspecified atom stereocenters. The topological polar surface area (TPSA) is 52.6 Å². The zero-order valence-corrected chi connectivity index (χ0v) is 19.4. The molecule has 4 nitrogen and oxygen atoms in total. The van der Waals surface area contributed by atoms with E-state index in [-0.39, 0.29) is 11.1 Å². The molecular weight excluding hydrogens is 440 g/mol. The van der Waals surface area contributed by atoms with Crippen LogP contribution in [0.25, 0.3) is 0 Å². The van der Waals surface area contributed by atoms with Crippen molar-refractivity contribution in [1.82, 2.24) is 0 Å². The fourth-order valence-corrected chi connectivity index (χ4v) is 4.55. The second kappa shape index (κ2) is 13.7. The number of esters is 2. The Morgan fingerprint density at radius 3 is 1.34 bits per heavy atom. The van der Waals surface area contributed by atoms with E-state index in [2.05, 4.69) is 24.3 Å². The van der Waals surface area contributed by atoms with Gasteiger partial charge in [-0.15, -0.1) is 23.5 Å². The lowest BCUT2D eigenvalue weighted by molar-refractivity contribution is 0.0459. The molecule has 0 aromatic heterocycles. The van der Waals surface area contributed by atoms with Crippen LogP contribution >= 0.6 is 23.5 Å². The summed E-state index contributed by atoms with van der Waals surface area (Å²) < 4.78 is 10.8. The maximum absolute atomic E-state index is 12.5. The van der Waals surface area contributed by atoms with Gasteiger partial charge in [-0.05, 0) is 49.2 Å². The molecule has 32 heavy (non-hydrogen) atoms. The van der Waals surface area contributed by atoms with Gasteiger partial charge in [-0.2, -0.15) is 0 Å². The van der Waals surface area contributed by atoms with Gasteiger partial charge < -0.3 is 9.47 Å². The molecule has 0 aliphatic carbocycles. The maximum atomic E-state index is 12.5. The molecule has 0 N–H and O–H groups in total. The van der Waals surface area contributed by atoms with Gasteiger partial charge in [0.15, 0.2) is 0 Å². The number of ether oxygens (including phenoxy) is 2. The van der Waals surface area contributed by atoms with Crippen LogP contribution in [0.5, 0.6) is 0 Å². The Labute approximate surface area is 197 Å². The van der Waals surface area contributed by atoms with Crippen molar-refractivity contribution in [1.29, 1.82) is 0 Å². The summed E-state index contributed by atoms with van der Waals surface area (Å²) >= 11 is 3.44. The molecule has 0 fully saturated rings. The maximum Gasteiger partial charge on any atom is 0.339 e. The van der Waals surface area contributed by atoms with E-state index in [0.717, 1.165) is 24.3 Å². The van der Waals surface area contributed by atoms with Crippen LogP contribution in [-0.4, -0.2) is 36.7 Å². The summed E-state index contributed by atoms with van der Waals surface area (Å²) in [5, 5.41) is 0. The lowest BCUT2D eigenvalue weighted by atomic mass is 10.1. The minimum Gasteiger partial charge on any atom is -0.462 e. The molecule has 0 bridgehead atoms. The van der Waals surface area contributed by atoms with Crippen LogP contribution in [0.3, 0.4) is 0 Å². The van der Waals surface area contributed by atoms with Gasteiger partial charge in [0.25, 0.3) is 0 Å². The third kappa shape index (κ3) is 8.09. The van der Waals surface area contributed by atoms with Gasteiger partial charge in [0.05, 0.1) is 24.3 Å². The average Bonchev–Trinajstić information content (AvgIpc) is 2.84. The highest BCUT2D eigenvalue weighted by molar-refractivity contribution is 7.99. The molecule has 0 amide bonds. The molecule has 0 aliphatic heterocycles. The zero-order chi connectivity index (χ0) is 22.4. The first-order valence-electron chi connectivity index (χ1n) is 10.5. The summed E-state index contributed by atoms with van der Waals surface area (Å²) in [6.07, 6.45) is 1.47. The van der Waals surface area contributed by atoms with Crippen LogP contribution in [0, 0.1) is 0 Å². The highest BCUT2D eigenvalue weighted by Gasteiger charge is 2.18. The molecule has 0 saturated carbocycles. The molecule has 6 heteroatoms. The van der Waals surface area contributed by atoms with Gasteiger partial charge in [0.2, 0.25) is 0 Å². The fourth-order valence-electron chi connectivity index (χ4n) is 2.86. The lowest BCUT2D eigenvalue weighted by Gasteiger charge is -2.10. The first kappa shape index (κ1) is 24.0. The van der Waals surface area contributed by atoms with E-state index in [9.17, 15) is 9.59 Å². The molecule has 0 heterocycles. The summed E-state index contributed by atoms with van der Waals surface area (Å²) in [6.45, 7) is 0.609. The van der Waals surface area contributed by atoms with Crippen molar-refractivity contribution >= 4 is 35.5 Å². The van der Waals surface area contributed by atoms with Gasteiger partial charge in [0.1, 0.15) is 0 Å². The Balaban J connectivity index is 1.39.